The normalized spacial score (nSPS) is 9.31. The maximum atomic E-state index is 11.5. The molecule has 0 aliphatic rings. The minimum atomic E-state index is -0.176. The number of azide groups is 1. The molecule has 0 aliphatic heterocycles. The second-order valence-corrected chi connectivity index (χ2v) is 2.99. The summed E-state index contributed by atoms with van der Waals surface area (Å²) in [6.45, 7) is 0.940. The van der Waals surface area contributed by atoms with E-state index < -0.39 is 0 Å². The molecule has 0 heterocycles. The van der Waals surface area contributed by atoms with Crippen LogP contribution in [0.4, 0.5) is 5.69 Å². The summed E-state index contributed by atoms with van der Waals surface area (Å²) in [7, 11) is 1.57. The lowest BCUT2D eigenvalue weighted by atomic mass is 10.2. The zero-order valence-corrected chi connectivity index (χ0v) is 8.88. The van der Waals surface area contributed by atoms with Crippen LogP contribution in [-0.4, -0.2) is 26.2 Å². The Balaban J connectivity index is 2.59. The van der Waals surface area contributed by atoms with E-state index in [4.69, 9.17) is 10.3 Å². The van der Waals surface area contributed by atoms with Gasteiger partial charge in [-0.1, -0.05) is 17.2 Å². The molecule has 0 atom stereocenters. The van der Waals surface area contributed by atoms with Gasteiger partial charge < -0.3 is 10.1 Å². The fraction of sp³-hybridized carbons (Fsp3) is 0.300. The number of carbonyl (C=O) groups is 1. The second-order valence-electron chi connectivity index (χ2n) is 2.99. The summed E-state index contributed by atoms with van der Waals surface area (Å²) < 4.78 is 4.81. The number of nitrogens with one attached hydrogen (secondary N) is 1. The molecule has 84 valence electrons. The van der Waals surface area contributed by atoms with E-state index in [2.05, 4.69) is 15.3 Å². The molecular formula is C10H12N4O2. The van der Waals surface area contributed by atoms with Gasteiger partial charge in [0.25, 0.3) is 5.91 Å². The van der Waals surface area contributed by atoms with Crippen LogP contribution in [0.25, 0.3) is 10.4 Å². The van der Waals surface area contributed by atoms with Crippen molar-refractivity contribution in [3.05, 3.63) is 40.3 Å². The van der Waals surface area contributed by atoms with Crippen molar-refractivity contribution >= 4 is 11.6 Å². The van der Waals surface area contributed by atoms with Crippen molar-refractivity contribution in [3.63, 3.8) is 0 Å². The van der Waals surface area contributed by atoms with Crippen molar-refractivity contribution in [2.75, 3.05) is 20.3 Å². The van der Waals surface area contributed by atoms with E-state index in [-0.39, 0.29) is 5.91 Å². The first kappa shape index (κ1) is 12.0. The predicted molar refractivity (Wildman–Crippen MR) is 59.5 cm³/mol. The molecule has 0 aromatic heterocycles. The van der Waals surface area contributed by atoms with Gasteiger partial charge in [-0.3, -0.25) is 4.79 Å². The van der Waals surface area contributed by atoms with Gasteiger partial charge in [0.1, 0.15) is 0 Å². The van der Waals surface area contributed by atoms with Crippen LogP contribution in [0.5, 0.6) is 0 Å². The molecule has 0 radical (unpaired) electrons. The molecule has 0 aliphatic carbocycles. The van der Waals surface area contributed by atoms with Gasteiger partial charge in [-0.05, 0) is 17.7 Å². The fourth-order valence-electron chi connectivity index (χ4n) is 1.10. The Hall–Kier alpha value is -2.04. The van der Waals surface area contributed by atoms with E-state index in [0.29, 0.717) is 24.4 Å². The van der Waals surface area contributed by atoms with Crippen molar-refractivity contribution < 1.29 is 9.53 Å². The monoisotopic (exact) mass is 220 g/mol. The summed E-state index contributed by atoms with van der Waals surface area (Å²) >= 11 is 0. The van der Waals surface area contributed by atoms with E-state index in [1.165, 1.54) is 0 Å². The molecule has 0 saturated heterocycles. The first-order valence-electron chi connectivity index (χ1n) is 4.70. The third-order valence-electron chi connectivity index (χ3n) is 1.88. The van der Waals surface area contributed by atoms with Crippen LogP contribution in [-0.2, 0) is 4.74 Å². The smallest absolute Gasteiger partial charge is 0.251 e. The molecule has 1 N–H and O–H groups in total. The molecule has 1 aromatic carbocycles. The number of benzene rings is 1. The predicted octanol–water partition coefficient (Wildman–Crippen LogP) is 2.00. The van der Waals surface area contributed by atoms with Crippen LogP contribution in [0.3, 0.4) is 0 Å². The number of hydrogen-bond donors (Lipinski definition) is 1. The quantitative estimate of drug-likeness (QED) is 0.356. The molecular weight excluding hydrogens is 208 g/mol. The number of hydrogen-bond acceptors (Lipinski definition) is 3. The molecule has 0 saturated carbocycles. The van der Waals surface area contributed by atoms with Crippen molar-refractivity contribution in [1.29, 1.82) is 0 Å². The zero-order valence-electron chi connectivity index (χ0n) is 8.88. The highest BCUT2D eigenvalue weighted by Crippen LogP contribution is 2.12. The van der Waals surface area contributed by atoms with E-state index in [1.54, 1.807) is 31.4 Å². The van der Waals surface area contributed by atoms with Gasteiger partial charge in [0.15, 0.2) is 0 Å². The van der Waals surface area contributed by atoms with Crippen molar-refractivity contribution in [2.45, 2.75) is 0 Å². The Labute approximate surface area is 92.8 Å². The minimum Gasteiger partial charge on any atom is -0.383 e. The van der Waals surface area contributed by atoms with E-state index in [0.717, 1.165) is 0 Å². The van der Waals surface area contributed by atoms with Gasteiger partial charge in [-0.25, -0.2) is 0 Å². The topological polar surface area (TPSA) is 87.1 Å². The van der Waals surface area contributed by atoms with Crippen LogP contribution < -0.4 is 5.32 Å². The molecule has 0 bridgehead atoms. The molecule has 6 nitrogen and oxygen atoms in total. The molecule has 0 unspecified atom stereocenters. The SMILES string of the molecule is COCCNC(=O)c1ccc(N=[N+]=[N-])cc1. The van der Waals surface area contributed by atoms with Gasteiger partial charge in [0.2, 0.25) is 0 Å². The summed E-state index contributed by atoms with van der Waals surface area (Å²) in [4.78, 5) is 14.2. The third-order valence-corrected chi connectivity index (χ3v) is 1.88. The fourth-order valence-corrected chi connectivity index (χ4v) is 1.10. The highest BCUT2D eigenvalue weighted by atomic mass is 16.5. The summed E-state index contributed by atoms with van der Waals surface area (Å²) in [6.07, 6.45) is 0. The van der Waals surface area contributed by atoms with Crippen molar-refractivity contribution in [2.24, 2.45) is 5.11 Å². The molecule has 1 aromatic rings. The standard InChI is InChI=1S/C10H12N4O2/c1-16-7-6-12-10(15)8-2-4-9(5-3-8)13-14-11/h2-5H,6-7H2,1H3,(H,12,15). The summed E-state index contributed by atoms with van der Waals surface area (Å²) in [5, 5.41) is 6.10. The lowest BCUT2D eigenvalue weighted by Gasteiger charge is -2.04. The average Bonchev–Trinajstić information content (AvgIpc) is 2.30. The Kier molecular flexibility index (Phi) is 4.85. The van der Waals surface area contributed by atoms with Gasteiger partial charge in [0, 0.05) is 29.8 Å². The van der Waals surface area contributed by atoms with Crippen LogP contribution in [0.15, 0.2) is 29.4 Å². The first-order chi connectivity index (χ1) is 7.77. The van der Waals surface area contributed by atoms with Gasteiger partial charge in [-0.2, -0.15) is 0 Å². The second kappa shape index (κ2) is 6.44. The Morgan fingerprint density at radius 2 is 2.19 bits per heavy atom. The highest BCUT2D eigenvalue weighted by molar-refractivity contribution is 5.94. The molecule has 16 heavy (non-hydrogen) atoms. The number of methoxy groups -OCH3 is 1. The first-order valence-corrected chi connectivity index (χ1v) is 4.70. The number of carbonyl (C=O) groups excluding carboxylic acids is 1. The van der Waals surface area contributed by atoms with Gasteiger partial charge >= 0.3 is 0 Å². The molecule has 6 heteroatoms. The lowest BCUT2D eigenvalue weighted by molar-refractivity contribution is 0.0937. The van der Waals surface area contributed by atoms with Crippen LogP contribution in [0, 0.1) is 0 Å². The van der Waals surface area contributed by atoms with Gasteiger partial charge in [-0.15, -0.1) is 0 Å². The van der Waals surface area contributed by atoms with E-state index >= 15 is 0 Å². The highest BCUT2D eigenvalue weighted by Gasteiger charge is 2.03. The summed E-state index contributed by atoms with van der Waals surface area (Å²) in [5.41, 5.74) is 9.21. The molecule has 0 fully saturated rings. The summed E-state index contributed by atoms with van der Waals surface area (Å²) in [5.74, 6) is -0.176. The molecule has 1 amide bonds. The van der Waals surface area contributed by atoms with Crippen LogP contribution >= 0.6 is 0 Å². The largest absolute Gasteiger partial charge is 0.383 e. The van der Waals surface area contributed by atoms with Crippen LogP contribution in [0.2, 0.25) is 0 Å². The van der Waals surface area contributed by atoms with Crippen molar-refractivity contribution in [3.8, 4) is 0 Å². The Morgan fingerprint density at radius 3 is 2.75 bits per heavy atom. The number of amides is 1. The Morgan fingerprint density at radius 1 is 1.50 bits per heavy atom. The third kappa shape index (κ3) is 3.61. The number of nitrogens with zero attached hydrogens (tertiary/aromatic N) is 3. The Bertz CT molecular complexity index is 396. The zero-order chi connectivity index (χ0) is 11.8. The average molecular weight is 220 g/mol. The minimum absolute atomic E-state index is 0.176. The summed E-state index contributed by atoms with van der Waals surface area (Å²) in [6, 6.07) is 6.38. The van der Waals surface area contributed by atoms with Crippen LogP contribution in [0.1, 0.15) is 10.4 Å². The molecule has 0 spiro atoms. The van der Waals surface area contributed by atoms with Crippen molar-refractivity contribution in [1.82, 2.24) is 5.32 Å². The maximum absolute atomic E-state index is 11.5. The number of ether oxygens (including phenoxy) is 1. The maximum Gasteiger partial charge on any atom is 0.251 e. The van der Waals surface area contributed by atoms with Gasteiger partial charge in [0.05, 0.1) is 6.61 Å². The number of rotatable bonds is 5. The molecule has 1 rings (SSSR count). The van der Waals surface area contributed by atoms with E-state index in [1.807, 2.05) is 0 Å². The van der Waals surface area contributed by atoms with E-state index in [9.17, 15) is 4.79 Å². The lowest BCUT2D eigenvalue weighted by Crippen LogP contribution is -2.26.